The van der Waals surface area contributed by atoms with E-state index in [2.05, 4.69) is 5.32 Å². The summed E-state index contributed by atoms with van der Waals surface area (Å²) in [6.07, 6.45) is 0.198. The standard InChI is InChI=1S/C20H23NO7S/c1-14-5-8-17(9-6-14)29(24,25)28-12-4-11-27-20(23)18-10-7-16(21-15(2)22)13-19(18)26-3/h5-10,13H,4,11-12H2,1-3H3,(H,21,22). The van der Waals surface area contributed by atoms with Crippen LogP contribution in [0.4, 0.5) is 5.69 Å². The van der Waals surface area contributed by atoms with Crippen LogP contribution in [0.3, 0.4) is 0 Å². The van der Waals surface area contributed by atoms with Gasteiger partial charge in [0, 0.05) is 25.1 Å². The van der Waals surface area contributed by atoms with Gasteiger partial charge in [0.2, 0.25) is 5.91 Å². The number of hydrogen-bond donors (Lipinski definition) is 1. The van der Waals surface area contributed by atoms with Crippen LogP contribution in [0.25, 0.3) is 0 Å². The summed E-state index contributed by atoms with van der Waals surface area (Å²) in [7, 11) is -2.45. The first-order valence-corrected chi connectivity index (χ1v) is 10.2. The van der Waals surface area contributed by atoms with E-state index in [0.29, 0.717) is 5.69 Å². The number of aryl methyl sites for hydroxylation is 1. The highest BCUT2D eigenvalue weighted by atomic mass is 32.2. The number of amides is 1. The molecular weight excluding hydrogens is 398 g/mol. The molecule has 0 spiro atoms. The maximum absolute atomic E-state index is 12.2. The quantitative estimate of drug-likeness (QED) is 0.377. The van der Waals surface area contributed by atoms with Crippen LogP contribution in [-0.2, 0) is 23.8 Å². The summed E-state index contributed by atoms with van der Waals surface area (Å²) < 4.78 is 39.4. The molecule has 2 aromatic carbocycles. The topological polar surface area (TPSA) is 108 Å². The smallest absolute Gasteiger partial charge is 0.341 e. The summed E-state index contributed by atoms with van der Waals surface area (Å²) in [5.74, 6) is -0.625. The molecule has 0 bridgehead atoms. The van der Waals surface area contributed by atoms with Crippen molar-refractivity contribution in [3.05, 3.63) is 53.6 Å². The third-order valence-corrected chi connectivity index (χ3v) is 5.14. The Morgan fingerprint density at radius 3 is 2.34 bits per heavy atom. The highest BCUT2D eigenvalue weighted by Crippen LogP contribution is 2.24. The minimum Gasteiger partial charge on any atom is -0.496 e. The van der Waals surface area contributed by atoms with E-state index in [1.54, 1.807) is 18.2 Å². The number of benzene rings is 2. The van der Waals surface area contributed by atoms with Crippen LogP contribution in [0.5, 0.6) is 5.75 Å². The predicted octanol–water partition coefficient (Wildman–Crippen LogP) is 2.91. The Labute approximate surface area is 169 Å². The van der Waals surface area contributed by atoms with E-state index < -0.39 is 16.1 Å². The van der Waals surface area contributed by atoms with Crippen molar-refractivity contribution in [2.45, 2.75) is 25.2 Å². The molecule has 29 heavy (non-hydrogen) atoms. The van der Waals surface area contributed by atoms with E-state index in [0.717, 1.165) is 5.56 Å². The second kappa shape index (κ2) is 10.0. The van der Waals surface area contributed by atoms with Crippen molar-refractivity contribution in [1.82, 2.24) is 0 Å². The predicted molar refractivity (Wildman–Crippen MR) is 107 cm³/mol. The Hall–Kier alpha value is -2.91. The van der Waals surface area contributed by atoms with Gasteiger partial charge in [0.15, 0.2) is 0 Å². The molecule has 8 nitrogen and oxygen atoms in total. The van der Waals surface area contributed by atoms with E-state index >= 15 is 0 Å². The Morgan fingerprint density at radius 2 is 1.72 bits per heavy atom. The Kier molecular flexibility index (Phi) is 7.74. The summed E-state index contributed by atoms with van der Waals surface area (Å²) >= 11 is 0. The molecule has 0 heterocycles. The molecule has 1 N–H and O–H groups in total. The normalized spacial score (nSPS) is 11.0. The largest absolute Gasteiger partial charge is 0.496 e. The third-order valence-electron chi connectivity index (χ3n) is 3.81. The molecule has 0 saturated heterocycles. The number of methoxy groups -OCH3 is 1. The van der Waals surface area contributed by atoms with E-state index in [1.807, 2.05) is 6.92 Å². The van der Waals surface area contributed by atoms with Crippen molar-refractivity contribution in [3.8, 4) is 5.75 Å². The van der Waals surface area contributed by atoms with Crippen LogP contribution in [0.1, 0.15) is 29.3 Å². The average molecular weight is 421 g/mol. The summed E-state index contributed by atoms with van der Waals surface area (Å²) in [6, 6.07) is 10.9. The molecule has 0 radical (unpaired) electrons. The summed E-state index contributed by atoms with van der Waals surface area (Å²) in [6.45, 7) is 3.07. The van der Waals surface area contributed by atoms with Gasteiger partial charge in [-0.1, -0.05) is 17.7 Å². The fraction of sp³-hybridized carbons (Fsp3) is 0.300. The molecule has 9 heteroatoms. The Balaban J connectivity index is 1.85. The molecule has 0 saturated carbocycles. The van der Waals surface area contributed by atoms with Gasteiger partial charge in [0.1, 0.15) is 11.3 Å². The van der Waals surface area contributed by atoms with Gasteiger partial charge < -0.3 is 14.8 Å². The number of ether oxygens (including phenoxy) is 2. The molecule has 0 atom stereocenters. The van der Waals surface area contributed by atoms with Gasteiger partial charge in [-0.25, -0.2) is 4.79 Å². The lowest BCUT2D eigenvalue weighted by molar-refractivity contribution is -0.114. The van der Waals surface area contributed by atoms with Gasteiger partial charge in [0.05, 0.1) is 25.2 Å². The van der Waals surface area contributed by atoms with E-state index in [1.165, 1.54) is 38.3 Å². The van der Waals surface area contributed by atoms with Gasteiger partial charge in [-0.3, -0.25) is 8.98 Å². The molecule has 2 aromatic rings. The van der Waals surface area contributed by atoms with Crippen LogP contribution >= 0.6 is 0 Å². The van der Waals surface area contributed by atoms with Crippen LogP contribution in [0.15, 0.2) is 47.4 Å². The molecule has 0 aliphatic heterocycles. The van der Waals surface area contributed by atoms with E-state index in [4.69, 9.17) is 13.7 Å². The fourth-order valence-electron chi connectivity index (χ4n) is 2.38. The lowest BCUT2D eigenvalue weighted by Crippen LogP contribution is -2.12. The van der Waals surface area contributed by atoms with Gasteiger partial charge >= 0.3 is 5.97 Å². The van der Waals surface area contributed by atoms with Gasteiger partial charge in [-0.2, -0.15) is 8.42 Å². The zero-order valence-electron chi connectivity index (χ0n) is 16.4. The van der Waals surface area contributed by atoms with Crippen LogP contribution in [0, 0.1) is 6.92 Å². The van der Waals surface area contributed by atoms with Crippen molar-refractivity contribution in [2.75, 3.05) is 25.6 Å². The average Bonchev–Trinajstić information content (AvgIpc) is 2.67. The van der Waals surface area contributed by atoms with E-state index in [9.17, 15) is 18.0 Å². The maximum Gasteiger partial charge on any atom is 0.341 e. The number of anilines is 1. The zero-order chi connectivity index (χ0) is 21.4. The highest BCUT2D eigenvalue weighted by molar-refractivity contribution is 7.86. The highest BCUT2D eigenvalue weighted by Gasteiger charge is 2.16. The molecule has 0 aliphatic rings. The Bertz CT molecular complexity index is 969. The summed E-state index contributed by atoms with van der Waals surface area (Å²) in [5, 5.41) is 2.59. The summed E-state index contributed by atoms with van der Waals surface area (Å²) in [5.41, 5.74) is 1.62. The Morgan fingerprint density at radius 1 is 1.03 bits per heavy atom. The minimum atomic E-state index is -3.85. The molecule has 1 amide bonds. The minimum absolute atomic E-state index is 0.0289. The van der Waals surface area contributed by atoms with Gasteiger partial charge in [0.25, 0.3) is 10.1 Å². The molecule has 0 aliphatic carbocycles. The number of nitrogens with one attached hydrogen (secondary N) is 1. The summed E-state index contributed by atoms with van der Waals surface area (Å²) in [4.78, 5) is 23.4. The molecular formula is C20H23NO7S. The van der Waals surface area contributed by atoms with Crippen LogP contribution in [0.2, 0.25) is 0 Å². The van der Waals surface area contributed by atoms with Gasteiger partial charge in [-0.05, 0) is 31.2 Å². The van der Waals surface area contributed by atoms with Crippen molar-refractivity contribution >= 4 is 27.7 Å². The molecule has 2 rings (SSSR count). The fourth-order valence-corrected chi connectivity index (χ4v) is 3.33. The first-order chi connectivity index (χ1) is 13.7. The SMILES string of the molecule is COc1cc(NC(C)=O)ccc1C(=O)OCCCOS(=O)(=O)c1ccc(C)cc1. The van der Waals surface area contributed by atoms with Crippen LogP contribution < -0.4 is 10.1 Å². The monoisotopic (exact) mass is 421 g/mol. The molecule has 156 valence electrons. The number of esters is 1. The van der Waals surface area contributed by atoms with Crippen molar-refractivity contribution < 1.29 is 31.7 Å². The van der Waals surface area contributed by atoms with E-state index in [-0.39, 0.29) is 41.8 Å². The first kappa shape index (κ1) is 22.4. The number of rotatable bonds is 9. The van der Waals surface area contributed by atoms with Crippen molar-refractivity contribution in [3.63, 3.8) is 0 Å². The third kappa shape index (κ3) is 6.58. The second-order valence-corrected chi connectivity index (χ2v) is 7.79. The van der Waals surface area contributed by atoms with Crippen molar-refractivity contribution in [2.24, 2.45) is 0 Å². The van der Waals surface area contributed by atoms with Crippen LogP contribution in [-0.4, -0.2) is 40.6 Å². The maximum atomic E-state index is 12.2. The lowest BCUT2D eigenvalue weighted by Gasteiger charge is -2.11. The second-order valence-electron chi connectivity index (χ2n) is 6.17. The number of hydrogen-bond acceptors (Lipinski definition) is 7. The van der Waals surface area contributed by atoms with Crippen molar-refractivity contribution in [1.29, 1.82) is 0 Å². The number of carbonyl (C=O) groups is 2. The number of carbonyl (C=O) groups excluding carboxylic acids is 2. The molecule has 0 aromatic heterocycles. The molecule has 0 unspecified atom stereocenters. The molecule has 0 fully saturated rings. The van der Waals surface area contributed by atoms with Gasteiger partial charge in [-0.15, -0.1) is 0 Å². The lowest BCUT2D eigenvalue weighted by atomic mass is 10.2. The first-order valence-electron chi connectivity index (χ1n) is 8.82. The zero-order valence-corrected chi connectivity index (χ0v) is 17.2.